The highest BCUT2D eigenvalue weighted by molar-refractivity contribution is 7.90. The molecule has 0 saturated heterocycles. The molecule has 0 aliphatic heterocycles. The third-order valence-corrected chi connectivity index (χ3v) is 4.06. The number of nitrogens with zero attached hydrogens (tertiary/aromatic N) is 1. The molecule has 1 rings (SSSR count). The van der Waals surface area contributed by atoms with Gasteiger partial charge in [-0.15, -0.1) is 0 Å². The van der Waals surface area contributed by atoms with Crippen molar-refractivity contribution in [1.29, 1.82) is 0 Å². The van der Waals surface area contributed by atoms with Crippen molar-refractivity contribution in [3.8, 4) is 0 Å². The van der Waals surface area contributed by atoms with Crippen molar-refractivity contribution < 1.29 is 8.42 Å². The molecule has 1 aromatic heterocycles. The van der Waals surface area contributed by atoms with E-state index in [1.165, 1.54) is 6.26 Å². The van der Waals surface area contributed by atoms with Crippen LogP contribution in [0.25, 0.3) is 0 Å². The number of pyridine rings is 1. The molecule has 1 unspecified atom stereocenters. The Hall–Kier alpha value is -0.940. The summed E-state index contributed by atoms with van der Waals surface area (Å²) in [6.45, 7) is 5.07. The molecule has 1 atom stereocenters. The summed E-state index contributed by atoms with van der Waals surface area (Å²) in [5, 5.41) is 3.46. The van der Waals surface area contributed by atoms with Gasteiger partial charge in [0.05, 0.1) is 5.69 Å². The average molecular weight is 284 g/mol. The standard InChI is InChI=1S/C14H24N2O2S/c1-4-9-15-13(8-6-11-19(3,17)18)14-12(2)7-5-10-16-14/h5,7,10,13,15H,4,6,8-9,11H2,1-3H3. The van der Waals surface area contributed by atoms with Gasteiger partial charge in [-0.2, -0.15) is 0 Å². The summed E-state index contributed by atoms with van der Waals surface area (Å²) < 4.78 is 22.4. The third-order valence-electron chi connectivity index (χ3n) is 3.03. The first kappa shape index (κ1) is 16.1. The first-order valence-electron chi connectivity index (χ1n) is 6.76. The zero-order valence-electron chi connectivity index (χ0n) is 12.0. The highest BCUT2D eigenvalue weighted by Crippen LogP contribution is 2.20. The van der Waals surface area contributed by atoms with E-state index in [1.54, 1.807) is 6.20 Å². The topological polar surface area (TPSA) is 59.1 Å². The van der Waals surface area contributed by atoms with E-state index >= 15 is 0 Å². The van der Waals surface area contributed by atoms with E-state index in [0.717, 1.165) is 30.6 Å². The molecular formula is C14H24N2O2S. The van der Waals surface area contributed by atoms with E-state index in [1.807, 2.05) is 19.1 Å². The summed E-state index contributed by atoms with van der Waals surface area (Å²) >= 11 is 0. The van der Waals surface area contributed by atoms with Crippen LogP contribution in [0.3, 0.4) is 0 Å². The van der Waals surface area contributed by atoms with E-state index in [0.29, 0.717) is 6.42 Å². The highest BCUT2D eigenvalue weighted by Gasteiger charge is 2.15. The lowest BCUT2D eigenvalue weighted by molar-refractivity contribution is 0.480. The quantitative estimate of drug-likeness (QED) is 0.795. The maximum absolute atomic E-state index is 11.2. The molecular weight excluding hydrogens is 260 g/mol. The van der Waals surface area contributed by atoms with Gasteiger partial charge in [0.25, 0.3) is 0 Å². The summed E-state index contributed by atoms with van der Waals surface area (Å²) in [6, 6.07) is 4.11. The normalized spacial score (nSPS) is 13.4. The van der Waals surface area contributed by atoms with Crippen molar-refractivity contribution in [3.05, 3.63) is 29.6 Å². The third kappa shape index (κ3) is 6.16. The van der Waals surface area contributed by atoms with Crippen LogP contribution < -0.4 is 5.32 Å². The van der Waals surface area contributed by atoms with E-state index < -0.39 is 9.84 Å². The molecule has 0 fully saturated rings. The zero-order chi connectivity index (χ0) is 14.3. The van der Waals surface area contributed by atoms with Crippen LogP contribution in [0.5, 0.6) is 0 Å². The molecule has 0 bridgehead atoms. The lowest BCUT2D eigenvalue weighted by atomic mass is 10.0. The largest absolute Gasteiger partial charge is 0.309 e. The van der Waals surface area contributed by atoms with Crippen LogP contribution in [0, 0.1) is 6.92 Å². The maximum Gasteiger partial charge on any atom is 0.147 e. The van der Waals surface area contributed by atoms with Crippen molar-refractivity contribution in [1.82, 2.24) is 10.3 Å². The predicted octanol–water partition coefficient (Wildman–Crippen LogP) is 2.26. The number of aromatic nitrogens is 1. The van der Waals surface area contributed by atoms with Gasteiger partial charge in [0, 0.05) is 24.2 Å². The van der Waals surface area contributed by atoms with Crippen molar-refractivity contribution in [2.75, 3.05) is 18.6 Å². The van der Waals surface area contributed by atoms with Crippen molar-refractivity contribution in [2.24, 2.45) is 0 Å². The number of aryl methyl sites for hydroxylation is 1. The van der Waals surface area contributed by atoms with Crippen LogP contribution in [-0.2, 0) is 9.84 Å². The first-order valence-corrected chi connectivity index (χ1v) is 8.82. The van der Waals surface area contributed by atoms with E-state index in [2.05, 4.69) is 17.2 Å². The monoisotopic (exact) mass is 284 g/mol. The molecule has 1 heterocycles. The Morgan fingerprint density at radius 3 is 2.74 bits per heavy atom. The van der Waals surface area contributed by atoms with Crippen LogP contribution in [0.4, 0.5) is 0 Å². The Labute approximate surface area is 116 Å². The van der Waals surface area contributed by atoms with Gasteiger partial charge in [-0.25, -0.2) is 8.42 Å². The first-order chi connectivity index (χ1) is 8.94. The van der Waals surface area contributed by atoms with Gasteiger partial charge in [-0.1, -0.05) is 13.0 Å². The van der Waals surface area contributed by atoms with Crippen LogP contribution in [0.1, 0.15) is 43.5 Å². The summed E-state index contributed by atoms with van der Waals surface area (Å²) in [7, 11) is -2.88. The molecule has 1 aromatic rings. The Kier molecular flexibility index (Phi) is 6.45. The number of hydrogen-bond acceptors (Lipinski definition) is 4. The predicted molar refractivity (Wildman–Crippen MR) is 79.0 cm³/mol. The molecule has 4 nitrogen and oxygen atoms in total. The van der Waals surface area contributed by atoms with Crippen molar-refractivity contribution >= 4 is 9.84 Å². The zero-order valence-corrected chi connectivity index (χ0v) is 12.8. The van der Waals surface area contributed by atoms with E-state index in [-0.39, 0.29) is 11.8 Å². The molecule has 0 aromatic carbocycles. The van der Waals surface area contributed by atoms with E-state index in [4.69, 9.17) is 0 Å². The minimum atomic E-state index is -2.88. The molecule has 0 spiro atoms. The molecule has 0 radical (unpaired) electrons. The second kappa shape index (κ2) is 7.60. The van der Waals surface area contributed by atoms with Crippen molar-refractivity contribution in [2.45, 2.75) is 39.2 Å². The maximum atomic E-state index is 11.2. The molecule has 0 saturated carbocycles. The van der Waals surface area contributed by atoms with Crippen LogP contribution in [0.2, 0.25) is 0 Å². The Morgan fingerprint density at radius 1 is 1.42 bits per heavy atom. The molecule has 0 aliphatic carbocycles. The number of rotatable bonds is 8. The minimum Gasteiger partial charge on any atom is -0.309 e. The van der Waals surface area contributed by atoms with Gasteiger partial charge in [-0.05, 0) is 44.4 Å². The summed E-state index contributed by atoms with van der Waals surface area (Å²) in [4.78, 5) is 4.43. The highest BCUT2D eigenvalue weighted by atomic mass is 32.2. The van der Waals surface area contributed by atoms with Crippen LogP contribution >= 0.6 is 0 Å². The van der Waals surface area contributed by atoms with Gasteiger partial charge < -0.3 is 5.32 Å². The van der Waals surface area contributed by atoms with Crippen molar-refractivity contribution in [3.63, 3.8) is 0 Å². The number of hydrogen-bond donors (Lipinski definition) is 1. The molecule has 0 aliphatic rings. The average Bonchev–Trinajstić information content (AvgIpc) is 2.33. The second-order valence-electron chi connectivity index (χ2n) is 4.98. The second-order valence-corrected chi connectivity index (χ2v) is 7.24. The Bertz CT molecular complexity index is 486. The lowest BCUT2D eigenvalue weighted by Gasteiger charge is -2.19. The fraction of sp³-hybridized carbons (Fsp3) is 0.643. The number of nitrogens with one attached hydrogen (secondary N) is 1. The van der Waals surface area contributed by atoms with Gasteiger partial charge in [-0.3, -0.25) is 4.98 Å². The summed E-state index contributed by atoms with van der Waals surface area (Å²) in [5.74, 6) is 0.239. The Morgan fingerprint density at radius 2 is 2.16 bits per heavy atom. The van der Waals surface area contributed by atoms with Gasteiger partial charge in [0.1, 0.15) is 9.84 Å². The molecule has 1 N–H and O–H groups in total. The lowest BCUT2D eigenvalue weighted by Crippen LogP contribution is -2.24. The van der Waals surface area contributed by atoms with Gasteiger partial charge >= 0.3 is 0 Å². The molecule has 108 valence electrons. The van der Waals surface area contributed by atoms with Crippen LogP contribution in [0.15, 0.2) is 18.3 Å². The molecule has 19 heavy (non-hydrogen) atoms. The summed E-state index contributed by atoms with van der Waals surface area (Å²) in [5.41, 5.74) is 2.18. The summed E-state index contributed by atoms with van der Waals surface area (Å²) in [6.07, 6.45) is 5.59. The molecule has 5 heteroatoms. The minimum absolute atomic E-state index is 0.142. The van der Waals surface area contributed by atoms with Gasteiger partial charge in [0.2, 0.25) is 0 Å². The molecule has 0 amide bonds. The number of sulfone groups is 1. The Balaban J connectivity index is 2.69. The smallest absolute Gasteiger partial charge is 0.147 e. The van der Waals surface area contributed by atoms with E-state index in [9.17, 15) is 8.42 Å². The fourth-order valence-corrected chi connectivity index (χ4v) is 2.76. The fourth-order valence-electron chi connectivity index (χ4n) is 2.07. The van der Waals surface area contributed by atoms with Crippen LogP contribution in [-0.4, -0.2) is 32.0 Å². The SMILES string of the molecule is CCCNC(CCCS(C)(=O)=O)c1ncccc1C. The van der Waals surface area contributed by atoms with Gasteiger partial charge in [0.15, 0.2) is 0 Å².